The SMILES string of the molecule is C=CC(=O)NC1CC(C)(C)N(S(=O)(=O)c2ccc(C(=O)N(C)CCc3ccccc3)cc2)C1(C)C. The summed E-state index contributed by atoms with van der Waals surface area (Å²) in [4.78, 5) is 26.6. The fraction of sp³-hybridized carbons (Fsp3) is 0.407. The Balaban J connectivity index is 1.79. The third-order valence-corrected chi connectivity index (χ3v) is 9.01. The predicted octanol–water partition coefficient (Wildman–Crippen LogP) is 3.62. The number of likely N-dealkylation sites (N-methyl/N-ethyl adjacent to an activating group) is 1. The molecular weight excluding hydrogens is 462 g/mol. The van der Waals surface area contributed by atoms with Gasteiger partial charge in [0.15, 0.2) is 0 Å². The minimum atomic E-state index is -3.91. The quantitative estimate of drug-likeness (QED) is 0.565. The van der Waals surface area contributed by atoms with Gasteiger partial charge in [-0.15, -0.1) is 0 Å². The highest BCUT2D eigenvalue weighted by molar-refractivity contribution is 7.89. The van der Waals surface area contributed by atoms with E-state index in [0.717, 1.165) is 12.0 Å². The molecule has 2 aromatic carbocycles. The van der Waals surface area contributed by atoms with Gasteiger partial charge in [-0.2, -0.15) is 4.31 Å². The van der Waals surface area contributed by atoms with Gasteiger partial charge >= 0.3 is 0 Å². The predicted molar refractivity (Wildman–Crippen MR) is 137 cm³/mol. The van der Waals surface area contributed by atoms with Crippen LogP contribution >= 0.6 is 0 Å². The first kappa shape index (κ1) is 26.6. The summed E-state index contributed by atoms with van der Waals surface area (Å²) in [6, 6.07) is 15.6. The number of hydrogen-bond acceptors (Lipinski definition) is 4. The maximum atomic E-state index is 13.7. The first-order chi connectivity index (χ1) is 16.3. The second kappa shape index (κ2) is 9.95. The Bertz CT molecular complexity index is 1190. The molecule has 0 radical (unpaired) electrons. The van der Waals surface area contributed by atoms with Gasteiger partial charge in [-0.25, -0.2) is 8.42 Å². The van der Waals surface area contributed by atoms with E-state index in [-0.39, 0.29) is 22.8 Å². The molecule has 2 amide bonds. The van der Waals surface area contributed by atoms with Crippen LogP contribution in [0.2, 0.25) is 0 Å². The van der Waals surface area contributed by atoms with Crippen molar-refractivity contribution in [3.8, 4) is 0 Å². The van der Waals surface area contributed by atoms with E-state index in [1.807, 2.05) is 58.0 Å². The molecule has 1 aliphatic rings. The number of hydrogen-bond donors (Lipinski definition) is 1. The smallest absolute Gasteiger partial charge is 0.253 e. The van der Waals surface area contributed by atoms with Crippen molar-refractivity contribution >= 4 is 21.8 Å². The lowest BCUT2D eigenvalue weighted by Gasteiger charge is -2.40. The van der Waals surface area contributed by atoms with E-state index in [1.54, 1.807) is 24.1 Å². The third kappa shape index (κ3) is 5.49. The normalized spacial score (nSPS) is 19.2. The van der Waals surface area contributed by atoms with Crippen LogP contribution in [0, 0.1) is 0 Å². The summed E-state index contributed by atoms with van der Waals surface area (Å²) >= 11 is 0. The minimum absolute atomic E-state index is 0.109. The topological polar surface area (TPSA) is 86.8 Å². The summed E-state index contributed by atoms with van der Waals surface area (Å²) in [6.45, 7) is 11.4. The van der Waals surface area contributed by atoms with Crippen LogP contribution in [-0.4, -0.2) is 60.1 Å². The summed E-state index contributed by atoms with van der Waals surface area (Å²) in [5.74, 6) is -0.503. The van der Waals surface area contributed by atoms with Crippen LogP contribution in [0.25, 0.3) is 0 Å². The van der Waals surface area contributed by atoms with Crippen molar-refractivity contribution in [2.75, 3.05) is 13.6 Å². The third-order valence-electron chi connectivity index (χ3n) is 6.70. The molecule has 7 nitrogen and oxygen atoms in total. The van der Waals surface area contributed by atoms with Crippen molar-refractivity contribution in [3.05, 3.63) is 78.4 Å². The number of amides is 2. The molecule has 1 N–H and O–H groups in total. The minimum Gasteiger partial charge on any atom is -0.348 e. The van der Waals surface area contributed by atoms with E-state index in [2.05, 4.69) is 11.9 Å². The van der Waals surface area contributed by atoms with Crippen LogP contribution in [-0.2, 0) is 21.2 Å². The summed E-state index contributed by atoms with van der Waals surface area (Å²) in [5.41, 5.74) is -0.0246. The maximum Gasteiger partial charge on any atom is 0.253 e. The van der Waals surface area contributed by atoms with Gasteiger partial charge in [-0.1, -0.05) is 36.9 Å². The van der Waals surface area contributed by atoms with Gasteiger partial charge in [0.1, 0.15) is 0 Å². The van der Waals surface area contributed by atoms with E-state index >= 15 is 0 Å². The summed E-state index contributed by atoms with van der Waals surface area (Å²) < 4.78 is 29.0. The van der Waals surface area contributed by atoms with Crippen LogP contribution in [0.15, 0.2) is 72.1 Å². The van der Waals surface area contributed by atoms with Crippen molar-refractivity contribution in [2.24, 2.45) is 0 Å². The Hall–Kier alpha value is -2.97. The maximum absolute atomic E-state index is 13.7. The van der Waals surface area contributed by atoms with Crippen LogP contribution < -0.4 is 5.32 Å². The van der Waals surface area contributed by atoms with E-state index in [0.29, 0.717) is 18.5 Å². The highest BCUT2D eigenvalue weighted by Gasteiger charge is 2.57. The zero-order valence-corrected chi connectivity index (χ0v) is 21.9. The monoisotopic (exact) mass is 497 g/mol. The molecule has 2 aromatic rings. The molecule has 3 rings (SSSR count). The number of sulfonamides is 1. The summed E-state index contributed by atoms with van der Waals surface area (Å²) in [5, 5.41) is 2.87. The molecule has 8 heteroatoms. The highest BCUT2D eigenvalue weighted by atomic mass is 32.2. The molecule has 1 saturated heterocycles. The van der Waals surface area contributed by atoms with Gasteiger partial charge in [-0.05, 0) is 76.4 Å². The number of carbonyl (C=O) groups excluding carboxylic acids is 2. The largest absolute Gasteiger partial charge is 0.348 e. The van der Waals surface area contributed by atoms with Crippen LogP contribution in [0.4, 0.5) is 0 Å². The fourth-order valence-corrected chi connectivity index (χ4v) is 7.15. The number of benzene rings is 2. The molecule has 188 valence electrons. The Labute approximate surface area is 208 Å². The molecule has 1 fully saturated rings. The fourth-order valence-electron chi connectivity index (χ4n) is 4.99. The average Bonchev–Trinajstić information content (AvgIpc) is 3.00. The molecule has 0 spiro atoms. The molecule has 1 unspecified atom stereocenters. The molecular formula is C27H35N3O4S. The zero-order chi connectivity index (χ0) is 26.0. The lowest BCUT2D eigenvalue weighted by Crippen LogP contribution is -2.56. The second-order valence-corrected chi connectivity index (χ2v) is 12.0. The average molecular weight is 498 g/mol. The van der Waals surface area contributed by atoms with Gasteiger partial charge in [0, 0.05) is 30.7 Å². The Morgan fingerprint density at radius 3 is 2.26 bits per heavy atom. The summed E-state index contributed by atoms with van der Waals surface area (Å²) in [7, 11) is -2.17. The lowest BCUT2D eigenvalue weighted by molar-refractivity contribution is -0.117. The van der Waals surface area contributed by atoms with Crippen LogP contribution in [0.3, 0.4) is 0 Å². The molecule has 0 bridgehead atoms. The first-order valence-electron chi connectivity index (χ1n) is 11.7. The van der Waals surface area contributed by atoms with Crippen molar-refractivity contribution in [3.63, 3.8) is 0 Å². The zero-order valence-electron chi connectivity index (χ0n) is 21.1. The molecule has 1 heterocycles. The van der Waals surface area contributed by atoms with Crippen LogP contribution in [0.5, 0.6) is 0 Å². The highest BCUT2D eigenvalue weighted by Crippen LogP contribution is 2.44. The Morgan fingerprint density at radius 1 is 1.09 bits per heavy atom. The molecule has 35 heavy (non-hydrogen) atoms. The number of nitrogens with zero attached hydrogens (tertiary/aromatic N) is 2. The van der Waals surface area contributed by atoms with Gasteiger partial charge in [0.2, 0.25) is 15.9 Å². The standard InChI is InChI=1S/C27H35N3O4S/c1-7-24(31)28-23-19-26(2,3)30(27(23,4)5)35(33,34)22-15-13-21(14-16-22)25(32)29(6)18-17-20-11-9-8-10-12-20/h7-16,23H,1,17-19H2,2-6H3,(H,28,31). The molecule has 0 aromatic heterocycles. The number of nitrogens with one attached hydrogen (secondary N) is 1. The van der Waals surface area contributed by atoms with Gasteiger partial charge in [0.05, 0.1) is 10.4 Å². The molecule has 0 aliphatic carbocycles. The van der Waals surface area contributed by atoms with E-state index < -0.39 is 21.1 Å². The lowest BCUT2D eigenvalue weighted by atomic mass is 9.94. The molecule has 0 saturated carbocycles. The molecule has 1 atom stereocenters. The number of carbonyl (C=O) groups is 2. The van der Waals surface area contributed by atoms with Crippen molar-refractivity contribution in [1.82, 2.24) is 14.5 Å². The van der Waals surface area contributed by atoms with Crippen molar-refractivity contribution in [1.29, 1.82) is 0 Å². The number of rotatable bonds is 8. The van der Waals surface area contributed by atoms with Gasteiger partial charge in [-0.3, -0.25) is 9.59 Å². The van der Waals surface area contributed by atoms with E-state index in [4.69, 9.17) is 0 Å². The first-order valence-corrected chi connectivity index (χ1v) is 13.1. The van der Waals surface area contributed by atoms with Crippen LogP contribution in [0.1, 0.15) is 50.0 Å². The van der Waals surface area contributed by atoms with Crippen molar-refractivity contribution < 1.29 is 18.0 Å². The Kier molecular flexibility index (Phi) is 7.57. The second-order valence-electron chi connectivity index (χ2n) is 10.2. The summed E-state index contributed by atoms with van der Waals surface area (Å²) in [6.07, 6.45) is 2.38. The Morgan fingerprint density at radius 2 is 1.69 bits per heavy atom. The van der Waals surface area contributed by atoms with Gasteiger partial charge in [0.25, 0.3) is 5.91 Å². The molecule has 1 aliphatic heterocycles. The van der Waals surface area contributed by atoms with Crippen molar-refractivity contribution in [2.45, 2.75) is 62.6 Å². The van der Waals surface area contributed by atoms with E-state index in [9.17, 15) is 18.0 Å². The van der Waals surface area contributed by atoms with Gasteiger partial charge < -0.3 is 10.2 Å². The van der Waals surface area contributed by atoms with E-state index in [1.165, 1.54) is 22.5 Å².